The second-order valence-corrected chi connectivity index (χ2v) is 8.40. The van der Waals surface area contributed by atoms with E-state index in [1.165, 1.54) is 12.8 Å². The van der Waals surface area contributed by atoms with Crippen LogP contribution in [0.4, 0.5) is 4.79 Å². The van der Waals surface area contributed by atoms with Crippen molar-refractivity contribution in [1.82, 2.24) is 15.5 Å². The van der Waals surface area contributed by atoms with Gasteiger partial charge >= 0.3 is 6.09 Å². The second-order valence-electron chi connectivity index (χ2n) is 8.40. The maximum absolute atomic E-state index is 12.2. The Morgan fingerprint density at radius 1 is 1.16 bits per heavy atom. The van der Waals surface area contributed by atoms with E-state index in [0.29, 0.717) is 12.1 Å². The highest BCUT2D eigenvalue weighted by Crippen LogP contribution is 2.19. The summed E-state index contributed by atoms with van der Waals surface area (Å²) < 4.78 is 10.9. The van der Waals surface area contributed by atoms with Gasteiger partial charge in [-0.3, -0.25) is 4.90 Å². The molecule has 0 aromatic heterocycles. The quantitative estimate of drug-likeness (QED) is 0.742. The minimum Gasteiger partial charge on any atom is -0.444 e. The van der Waals surface area contributed by atoms with Crippen LogP contribution in [-0.4, -0.2) is 67.6 Å². The minimum absolute atomic E-state index is 0.147. The van der Waals surface area contributed by atoms with Gasteiger partial charge in [0.25, 0.3) is 0 Å². The lowest BCUT2D eigenvalue weighted by molar-refractivity contribution is 0.0194. The predicted octanol–water partition coefficient (Wildman–Crippen LogP) is 2.52. The fourth-order valence-corrected chi connectivity index (χ4v) is 3.65. The van der Waals surface area contributed by atoms with Gasteiger partial charge in [0.05, 0.1) is 13.2 Å². The molecule has 0 bridgehead atoms. The first-order valence-corrected chi connectivity index (χ1v) is 9.90. The summed E-state index contributed by atoms with van der Waals surface area (Å²) in [5.74, 6) is 0. The summed E-state index contributed by atoms with van der Waals surface area (Å²) in [7, 11) is 0. The van der Waals surface area contributed by atoms with Crippen molar-refractivity contribution >= 4 is 6.09 Å². The molecule has 6 nitrogen and oxygen atoms in total. The highest BCUT2D eigenvalue weighted by Gasteiger charge is 2.28. The SMILES string of the molecule is C[C@H](CN[C@@H]1CCCCC[C@H]1NC(=O)OC(C)(C)C)N1CCOCC1. The molecule has 0 unspecified atom stereocenters. The third-order valence-corrected chi connectivity index (χ3v) is 5.06. The average molecular weight is 356 g/mol. The van der Waals surface area contributed by atoms with Crippen LogP contribution < -0.4 is 10.6 Å². The number of morpholine rings is 1. The minimum atomic E-state index is -0.456. The molecular weight excluding hydrogens is 318 g/mol. The van der Waals surface area contributed by atoms with Crippen molar-refractivity contribution in [2.75, 3.05) is 32.8 Å². The van der Waals surface area contributed by atoms with Gasteiger partial charge in [-0.25, -0.2) is 4.79 Å². The average Bonchev–Trinajstić information content (AvgIpc) is 2.77. The Bertz CT molecular complexity index is 405. The monoisotopic (exact) mass is 355 g/mol. The Kier molecular flexibility index (Phi) is 7.97. The number of carbonyl (C=O) groups is 1. The zero-order valence-corrected chi connectivity index (χ0v) is 16.5. The summed E-state index contributed by atoms with van der Waals surface area (Å²) in [6.07, 6.45) is 5.45. The Hall–Kier alpha value is -0.850. The van der Waals surface area contributed by atoms with Crippen molar-refractivity contribution in [3.8, 4) is 0 Å². The zero-order chi connectivity index (χ0) is 18.3. The van der Waals surface area contributed by atoms with Crippen LogP contribution in [0.1, 0.15) is 59.8 Å². The van der Waals surface area contributed by atoms with Gasteiger partial charge in [0.15, 0.2) is 0 Å². The molecule has 1 aliphatic carbocycles. The van der Waals surface area contributed by atoms with Gasteiger partial charge in [-0.05, 0) is 40.5 Å². The molecule has 3 atom stereocenters. The van der Waals surface area contributed by atoms with Crippen molar-refractivity contribution < 1.29 is 14.3 Å². The Balaban J connectivity index is 1.84. The van der Waals surface area contributed by atoms with Gasteiger partial charge in [-0.2, -0.15) is 0 Å². The molecule has 146 valence electrons. The first-order valence-electron chi connectivity index (χ1n) is 9.90. The van der Waals surface area contributed by atoms with Crippen LogP contribution in [0.25, 0.3) is 0 Å². The largest absolute Gasteiger partial charge is 0.444 e. The smallest absolute Gasteiger partial charge is 0.407 e. The number of carbonyl (C=O) groups excluding carboxylic acids is 1. The normalized spacial score (nSPS) is 27.4. The predicted molar refractivity (Wildman–Crippen MR) is 99.9 cm³/mol. The number of rotatable bonds is 5. The summed E-state index contributed by atoms with van der Waals surface area (Å²) >= 11 is 0. The van der Waals surface area contributed by atoms with Crippen molar-refractivity contribution in [2.45, 2.75) is 83.5 Å². The van der Waals surface area contributed by atoms with Crippen LogP contribution in [0, 0.1) is 0 Å². The highest BCUT2D eigenvalue weighted by molar-refractivity contribution is 5.68. The number of amides is 1. The van der Waals surface area contributed by atoms with Crippen LogP contribution in [-0.2, 0) is 9.47 Å². The molecule has 1 amide bonds. The maximum Gasteiger partial charge on any atom is 0.407 e. The summed E-state index contributed by atoms with van der Waals surface area (Å²) in [6.45, 7) is 12.6. The molecule has 1 saturated carbocycles. The van der Waals surface area contributed by atoms with Gasteiger partial charge in [0.2, 0.25) is 0 Å². The van der Waals surface area contributed by atoms with Crippen LogP contribution in [0.2, 0.25) is 0 Å². The summed E-state index contributed by atoms with van der Waals surface area (Å²) in [5, 5.41) is 6.84. The Morgan fingerprint density at radius 2 is 1.80 bits per heavy atom. The molecule has 25 heavy (non-hydrogen) atoms. The molecule has 2 fully saturated rings. The number of nitrogens with one attached hydrogen (secondary N) is 2. The van der Waals surface area contributed by atoms with E-state index < -0.39 is 5.60 Å². The first kappa shape index (κ1) is 20.5. The van der Waals surface area contributed by atoms with Gasteiger partial charge < -0.3 is 20.1 Å². The van der Waals surface area contributed by atoms with Crippen LogP contribution >= 0.6 is 0 Å². The molecular formula is C19H37N3O3. The van der Waals surface area contributed by atoms with Crippen molar-refractivity contribution in [3.63, 3.8) is 0 Å². The lowest BCUT2D eigenvalue weighted by Gasteiger charge is -2.35. The van der Waals surface area contributed by atoms with E-state index in [2.05, 4.69) is 22.5 Å². The van der Waals surface area contributed by atoms with E-state index in [4.69, 9.17) is 9.47 Å². The molecule has 6 heteroatoms. The molecule has 1 saturated heterocycles. The van der Waals surface area contributed by atoms with Gasteiger partial charge in [-0.1, -0.05) is 19.3 Å². The maximum atomic E-state index is 12.2. The molecule has 2 aliphatic rings. The Morgan fingerprint density at radius 3 is 2.44 bits per heavy atom. The topological polar surface area (TPSA) is 62.8 Å². The van der Waals surface area contributed by atoms with E-state index in [0.717, 1.165) is 52.1 Å². The van der Waals surface area contributed by atoms with Crippen molar-refractivity contribution in [1.29, 1.82) is 0 Å². The Labute approximate surface area is 153 Å². The highest BCUT2D eigenvalue weighted by atomic mass is 16.6. The lowest BCUT2D eigenvalue weighted by Crippen LogP contribution is -2.54. The van der Waals surface area contributed by atoms with E-state index >= 15 is 0 Å². The third kappa shape index (κ3) is 7.50. The molecule has 0 aromatic carbocycles. The molecule has 1 heterocycles. The number of alkyl carbamates (subject to hydrolysis) is 1. The zero-order valence-electron chi connectivity index (χ0n) is 16.5. The third-order valence-electron chi connectivity index (χ3n) is 5.06. The molecule has 2 rings (SSSR count). The van der Waals surface area contributed by atoms with E-state index in [-0.39, 0.29) is 12.1 Å². The molecule has 0 radical (unpaired) electrons. The summed E-state index contributed by atoms with van der Waals surface area (Å²) in [5.41, 5.74) is -0.456. The van der Waals surface area contributed by atoms with Crippen molar-refractivity contribution in [2.24, 2.45) is 0 Å². The fourth-order valence-electron chi connectivity index (χ4n) is 3.65. The van der Waals surface area contributed by atoms with Gasteiger partial charge in [0.1, 0.15) is 5.60 Å². The lowest BCUT2D eigenvalue weighted by atomic mass is 10.0. The van der Waals surface area contributed by atoms with Crippen LogP contribution in [0.5, 0.6) is 0 Å². The van der Waals surface area contributed by atoms with E-state index in [9.17, 15) is 4.79 Å². The van der Waals surface area contributed by atoms with Crippen LogP contribution in [0.3, 0.4) is 0 Å². The van der Waals surface area contributed by atoms with E-state index in [1.807, 2.05) is 20.8 Å². The van der Waals surface area contributed by atoms with Crippen molar-refractivity contribution in [3.05, 3.63) is 0 Å². The van der Waals surface area contributed by atoms with E-state index in [1.54, 1.807) is 0 Å². The standard InChI is InChI=1S/C19H37N3O3/c1-15(22-10-12-24-13-11-22)14-20-16-8-6-5-7-9-17(16)21-18(23)25-19(2,3)4/h15-17,20H,5-14H2,1-4H3,(H,21,23)/t15-,16-,17-/m1/s1. The van der Waals surface area contributed by atoms with Gasteiger partial charge in [0, 0.05) is 37.8 Å². The number of hydrogen-bond acceptors (Lipinski definition) is 5. The summed E-state index contributed by atoms with van der Waals surface area (Å²) in [6, 6.07) is 0.946. The first-order chi connectivity index (χ1) is 11.8. The number of ether oxygens (including phenoxy) is 2. The second kappa shape index (κ2) is 9.74. The van der Waals surface area contributed by atoms with Gasteiger partial charge in [-0.15, -0.1) is 0 Å². The number of nitrogens with zero attached hydrogens (tertiary/aromatic N) is 1. The summed E-state index contributed by atoms with van der Waals surface area (Å²) in [4.78, 5) is 14.7. The molecule has 2 N–H and O–H groups in total. The fraction of sp³-hybridized carbons (Fsp3) is 0.947. The molecule has 1 aliphatic heterocycles. The molecule has 0 aromatic rings. The number of hydrogen-bond donors (Lipinski definition) is 2. The molecule has 0 spiro atoms. The van der Waals surface area contributed by atoms with Crippen LogP contribution in [0.15, 0.2) is 0 Å².